The zero-order chi connectivity index (χ0) is 11.8. The van der Waals surface area contributed by atoms with Gasteiger partial charge in [-0.25, -0.2) is 0 Å². The summed E-state index contributed by atoms with van der Waals surface area (Å²) >= 11 is 2.07. The Labute approximate surface area is 106 Å². The van der Waals surface area contributed by atoms with E-state index in [9.17, 15) is 0 Å². The maximum Gasteiger partial charge on any atom is 0.0198 e. The van der Waals surface area contributed by atoms with Crippen LogP contribution in [-0.2, 0) is 0 Å². The first-order chi connectivity index (χ1) is 7.81. The van der Waals surface area contributed by atoms with Gasteiger partial charge in [0.05, 0.1) is 0 Å². The predicted molar refractivity (Wildman–Crippen MR) is 76.3 cm³/mol. The Balaban J connectivity index is 2.35. The lowest BCUT2D eigenvalue weighted by Crippen LogP contribution is -2.45. The summed E-state index contributed by atoms with van der Waals surface area (Å²) in [7, 11) is 0. The van der Waals surface area contributed by atoms with Crippen molar-refractivity contribution in [3.63, 3.8) is 0 Å². The minimum Gasteiger partial charge on any atom is -0.310 e. The minimum atomic E-state index is 0.762. The van der Waals surface area contributed by atoms with Crippen LogP contribution in [0.25, 0.3) is 0 Å². The number of thioether (sulfide) groups is 1. The van der Waals surface area contributed by atoms with E-state index in [2.05, 4.69) is 37.2 Å². The largest absolute Gasteiger partial charge is 0.310 e. The van der Waals surface area contributed by atoms with Crippen molar-refractivity contribution in [2.24, 2.45) is 0 Å². The quantitative estimate of drug-likeness (QED) is 0.718. The van der Waals surface area contributed by atoms with E-state index >= 15 is 0 Å². The summed E-state index contributed by atoms with van der Waals surface area (Å²) in [6, 6.07) is 1.54. The SMILES string of the molecule is CCCCC(CC)NC1CCCCC1SC. The van der Waals surface area contributed by atoms with Gasteiger partial charge in [-0.3, -0.25) is 0 Å². The highest BCUT2D eigenvalue weighted by Crippen LogP contribution is 2.27. The normalized spacial score (nSPS) is 27.9. The molecule has 1 rings (SSSR count). The molecule has 96 valence electrons. The molecule has 2 heteroatoms. The molecule has 0 saturated heterocycles. The molecule has 1 fully saturated rings. The molecule has 3 unspecified atom stereocenters. The van der Waals surface area contributed by atoms with Crippen molar-refractivity contribution < 1.29 is 0 Å². The molecule has 0 heterocycles. The van der Waals surface area contributed by atoms with Gasteiger partial charge in [0.1, 0.15) is 0 Å². The molecule has 0 aromatic rings. The van der Waals surface area contributed by atoms with Crippen molar-refractivity contribution >= 4 is 11.8 Å². The van der Waals surface area contributed by atoms with E-state index in [0.29, 0.717) is 0 Å². The standard InChI is InChI=1S/C14H29NS/c1-4-6-9-12(5-2)15-13-10-7-8-11-14(13)16-3/h12-15H,4-11H2,1-3H3. The molecule has 0 aromatic heterocycles. The summed E-state index contributed by atoms with van der Waals surface area (Å²) in [5.41, 5.74) is 0. The van der Waals surface area contributed by atoms with E-state index in [0.717, 1.165) is 17.3 Å². The smallest absolute Gasteiger partial charge is 0.0198 e. The van der Waals surface area contributed by atoms with Gasteiger partial charge in [-0.1, -0.05) is 39.5 Å². The minimum absolute atomic E-state index is 0.762. The van der Waals surface area contributed by atoms with Gasteiger partial charge in [0, 0.05) is 17.3 Å². The van der Waals surface area contributed by atoms with Gasteiger partial charge < -0.3 is 5.32 Å². The number of unbranched alkanes of at least 4 members (excludes halogenated alkanes) is 1. The number of hydrogen-bond acceptors (Lipinski definition) is 2. The Hall–Kier alpha value is 0.310. The second-order valence-electron chi connectivity index (χ2n) is 5.08. The van der Waals surface area contributed by atoms with Crippen molar-refractivity contribution in [2.45, 2.75) is 82.5 Å². The zero-order valence-electron chi connectivity index (χ0n) is 11.3. The van der Waals surface area contributed by atoms with Crippen molar-refractivity contribution in [1.82, 2.24) is 5.32 Å². The van der Waals surface area contributed by atoms with E-state index in [1.165, 1.54) is 51.4 Å². The fraction of sp³-hybridized carbons (Fsp3) is 1.00. The molecule has 0 amide bonds. The molecule has 1 aliphatic carbocycles. The summed E-state index contributed by atoms with van der Waals surface area (Å²) in [4.78, 5) is 0. The zero-order valence-corrected chi connectivity index (χ0v) is 12.1. The fourth-order valence-corrected chi connectivity index (χ4v) is 3.67. The van der Waals surface area contributed by atoms with Gasteiger partial charge >= 0.3 is 0 Å². The summed E-state index contributed by atoms with van der Waals surface area (Å²) in [6.07, 6.45) is 13.3. The number of rotatable bonds is 7. The van der Waals surface area contributed by atoms with Crippen LogP contribution in [0, 0.1) is 0 Å². The average Bonchev–Trinajstić information content (AvgIpc) is 2.34. The molecule has 1 aliphatic rings. The number of hydrogen-bond donors (Lipinski definition) is 1. The third-order valence-electron chi connectivity index (χ3n) is 3.85. The van der Waals surface area contributed by atoms with E-state index in [-0.39, 0.29) is 0 Å². The van der Waals surface area contributed by atoms with Crippen LogP contribution in [0.2, 0.25) is 0 Å². The summed E-state index contributed by atoms with van der Waals surface area (Å²) < 4.78 is 0. The molecule has 16 heavy (non-hydrogen) atoms. The summed E-state index contributed by atoms with van der Waals surface area (Å²) in [6.45, 7) is 4.61. The first-order valence-corrected chi connectivity index (χ1v) is 8.39. The summed E-state index contributed by atoms with van der Waals surface area (Å²) in [5.74, 6) is 0. The molecule has 1 N–H and O–H groups in total. The molecule has 0 bridgehead atoms. The fourth-order valence-electron chi connectivity index (χ4n) is 2.73. The van der Waals surface area contributed by atoms with Gasteiger partial charge in [-0.05, 0) is 31.9 Å². The predicted octanol–water partition coefficient (Wildman–Crippen LogP) is 4.22. The molecule has 0 aliphatic heterocycles. The first-order valence-electron chi connectivity index (χ1n) is 7.10. The summed E-state index contributed by atoms with van der Waals surface area (Å²) in [5, 5.41) is 4.79. The molecular weight excluding hydrogens is 214 g/mol. The number of nitrogens with one attached hydrogen (secondary N) is 1. The van der Waals surface area contributed by atoms with E-state index in [1.54, 1.807) is 0 Å². The Morgan fingerprint density at radius 2 is 2.00 bits per heavy atom. The van der Waals surface area contributed by atoms with E-state index < -0.39 is 0 Å². The Kier molecular flexibility index (Phi) is 7.55. The van der Waals surface area contributed by atoms with Crippen molar-refractivity contribution in [3.8, 4) is 0 Å². The van der Waals surface area contributed by atoms with Crippen molar-refractivity contribution in [2.75, 3.05) is 6.26 Å². The van der Waals surface area contributed by atoms with Gasteiger partial charge in [0.25, 0.3) is 0 Å². The van der Waals surface area contributed by atoms with Gasteiger partial charge in [-0.15, -0.1) is 0 Å². The highest BCUT2D eigenvalue weighted by atomic mass is 32.2. The Morgan fingerprint density at radius 1 is 1.25 bits per heavy atom. The van der Waals surface area contributed by atoms with E-state index in [1.807, 2.05) is 0 Å². The third kappa shape index (κ3) is 4.67. The lowest BCUT2D eigenvalue weighted by atomic mass is 9.93. The molecule has 0 aromatic carbocycles. The van der Waals surface area contributed by atoms with Crippen LogP contribution in [-0.4, -0.2) is 23.6 Å². The highest BCUT2D eigenvalue weighted by Gasteiger charge is 2.25. The molecule has 0 spiro atoms. The highest BCUT2D eigenvalue weighted by molar-refractivity contribution is 7.99. The monoisotopic (exact) mass is 243 g/mol. The van der Waals surface area contributed by atoms with Gasteiger partial charge in [-0.2, -0.15) is 11.8 Å². The van der Waals surface area contributed by atoms with Gasteiger partial charge in [0.2, 0.25) is 0 Å². The van der Waals surface area contributed by atoms with Gasteiger partial charge in [0.15, 0.2) is 0 Å². The molecule has 1 saturated carbocycles. The third-order valence-corrected chi connectivity index (χ3v) is 5.02. The van der Waals surface area contributed by atoms with Crippen LogP contribution in [0.15, 0.2) is 0 Å². The Bertz CT molecular complexity index is 172. The Morgan fingerprint density at radius 3 is 2.62 bits per heavy atom. The van der Waals surface area contributed by atoms with Crippen molar-refractivity contribution in [1.29, 1.82) is 0 Å². The molecular formula is C14H29NS. The maximum absolute atomic E-state index is 3.92. The van der Waals surface area contributed by atoms with E-state index in [4.69, 9.17) is 0 Å². The average molecular weight is 243 g/mol. The van der Waals surface area contributed by atoms with Crippen LogP contribution < -0.4 is 5.32 Å². The molecule has 1 nitrogen and oxygen atoms in total. The van der Waals surface area contributed by atoms with Crippen LogP contribution in [0.1, 0.15) is 65.2 Å². The van der Waals surface area contributed by atoms with Crippen LogP contribution >= 0.6 is 11.8 Å². The molecule has 3 atom stereocenters. The second kappa shape index (κ2) is 8.41. The van der Waals surface area contributed by atoms with Crippen LogP contribution in [0.5, 0.6) is 0 Å². The topological polar surface area (TPSA) is 12.0 Å². The lowest BCUT2D eigenvalue weighted by molar-refractivity contribution is 0.327. The van der Waals surface area contributed by atoms with Crippen molar-refractivity contribution in [3.05, 3.63) is 0 Å². The second-order valence-corrected chi connectivity index (χ2v) is 6.16. The lowest BCUT2D eigenvalue weighted by Gasteiger charge is -2.34. The van der Waals surface area contributed by atoms with Crippen LogP contribution in [0.3, 0.4) is 0 Å². The maximum atomic E-state index is 3.92. The first kappa shape index (κ1) is 14.4. The van der Waals surface area contributed by atoms with Crippen LogP contribution in [0.4, 0.5) is 0 Å². The molecule has 0 radical (unpaired) electrons.